The lowest BCUT2D eigenvalue weighted by atomic mass is 10.2. The summed E-state index contributed by atoms with van der Waals surface area (Å²) in [7, 11) is 0. The van der Waals surface area contributed by atoms with Crippen LogP contribution in [0.15, 0.2) is 42.5 Å². The summed E-state index contributed by atoms with van der Waals surface area (Å²) in [6, 6.07) is 15.0. The molecule has 0 spiro atoms. The molecule has 0 atom stereocenters. The lowest BCUT2D eigenvalue weighted by molar-refractivity contribution is 0.462. The average molecular weight is 210 g/mol. The number of pyridine rings is 1. The third kappa shape index (κ3) is 2.18. The summed E-state index contributed by atoms with van der Waals surface area (Å²) in [5.41, 5.74) is 1.25. The van der Waals surface area contributed by atoms with Gasteiger partial charge >= 0.3 is 0 Å². The third-order valence-electron chi connectivity index (χ3n) is 2.14. The van der Waals surface area contributed by atoms with Crippen LogP contribution in [0.25, 0.3) is 0 Å². The normalized spacial score (nSPS) is 9.50. The molecule has 1 heterocycles. The van der Waals surface area contributed by atoms with Gasteiger partial charge in [-0.3, -0.25) is 0 Å². The summed E-state index contributed by atoms with van der Waals surface area (Å²) < 4.78 is 5.51. The fourth-order valence-corrected chi connectivity index (χ4v) is 1.29. The maximum Gasteiger partial charge on any atom is 0.220 e. The molecule has 2 aromatic rings. The summed E-state index contributed by atoms with van der Waals surface area (Å²) in [4.78, 5) is 4.10. The first kappa shape index (κ1) is 10.2. The van der Waals surface area contributed by atoms with Crippen LogP contribution in [-0.2, 0) is 0 Å². The van der Waals surface area contributed by atoms with Crippen LogP contribution in [0.5, 0.6) is 11.6 Å². The highest BCUT2D eigenvalue weighted by molar-refractivity contribution is 5.35. The second kappa shape index (κ2) is 4.45. The van der Waals surface area contributed by atoms with Gasteiger partial charge in [0.25, 0.3) is 0 Å². The van der Waals surface area contributed by atoms with Gasteiger partial charge in [-0.2, -0.15) is 5.26 Å². The number of benzene rings is 1. The van der Waals surface area contributed by atoms with E-state index < -0.39 is 0 Å². The molecular formula is C13H10N2O. The smallest absolute Gasteiger partial charge is 0.220 e. The van der Waals surface area contributed by atoms with Crippen molar-refractivity contribution in [1.82, 2.24) is 4.98 Å². The van der Waals surface area contributed by atoms with Crippen molar-refractivity contribution in [1.29, 1.82) is 5.26 Å². The van der Waals surface area contributed by atoms with Gasteiger partial charge in [-0.05, 0) is 24.6 Å². The van der Waals surface area contributed by atoms with Gasteiger partial charge < -0.3 is 4.74 Å². The molecular weight excluding hydrogens is 200 g/mol. The highest BCUT2D eigenvalue weighted by Gasteiger charge is 2.02. The predicted octanol–water partition coefficient (Wildman–Crippen LogP) is 3.05. The Labute approximate surface area is 93.9 Å². The number of hydrogen-bond acceptors (Lipinski definition) is 3. The standard InChI is InChI=1S/C13H10N2O/c1-10-7-8-13(15-12(10)9-14)16-11-5-3-2-4-6-11/h2-8H,1H3. The Kier molecular flexibility index (Phi) is 2.84. The second-order valence-corrected chi connectivity index (χ2v) is 3.34. The summed E-state index contributed by atoms with van der Waals surface area (Å²) in [6.07, 6.45) is 0. The van der Waals surface area contributed by atoms with Gasteiger partial charge in [0.1, 0.15) is 17.5 Å². The lowest BCUT2D eigenvalue weighted by Crippen LogP contribution is -1.92. The van der Waals surface area contributed by atoms with Crippen molar-refractivity contribution in [2.75, 3.05) is 0 Å². The van der Waals surface area contributed by atoms with E-state index in [2.05, 4.69) is 4.98 Å². The van der Waals surface area contributed by atoms with Crippen molar-refractivity contribution in [3.8, 4) is 17.7 Å². The van der Waals surface area contributed by atoms with Gasteiger partial charge in [0.15, 0.2) is 0 Å². The topological polar surface area (TPSA) is 45.9 Å². The van der Waals surface area contributed by atoms with Gasteiger partial charge in [0, 0.05) is 6.07 Å². The van der Waals surface area contributed by atoms with E-state index >= 15 is 0 Å². The largest absolute Gasteiger partial charge is 0.439 e. The number of ether oxygens (including phenoxy) is 1. The second-order valence-electron chi connectivity index (χ2n) is 3.34. The Hall–Kier alpha value is -2.34. The van der Waals surface area contributed by atoms with Crippen LogP contribution in [0.2, 0.25) is 0 Å². The highest BCUT2D eigenvalue weighted by Crippen LogP contribution is 2.19. The van der Waals surface area contributed by atoms with Gasteiger partial charge in [0.2, 0.25) is 5.88 Å². The van der Waals surface area contributed by atoms with Crippen molar-refractivity contribution in [3.63, 3.8) is 0 Å². The SMILES string of the molecule is Cc1ccc(Oc2ccccc2)nc1C#N. The van der Waals surface area contributed by atoms with Crippen molar-refractivity contribution in [3.05, 3.63) is 53.7 Å². The molecule has 0 aliphatic carbocycles. The van der Waals surface area contributed by atoms with E-state index in [4.69, 9.17) is 10.00 Å². The van der Waals surface area contributed by atoms with Gasteiger partial charge in [0.05, 0.1) is 0 Å². The summed E-state index contributed by atoms with van der Waals surface area (Å²) in [5, 5.41) is 8.84. The zero-order valence-electron chi connectivity index (χ0n) is 8.84. The first-order valence-corrected chi connectivity index (χ1v) is 4.90. The summed E-state index contributed by atoms with van der Waals surface area (Å²) in [6.45, 7) is 1.85. The molecule has 0 N–H and O–H groups in total. The van der Waals surface area contributed by atoms with E-state index in [1.54, 1.807) is 6.07 Å². The maximum atomic E-state index is 8.84. The summed E-state index contributed by atoms with van der Waals surface area (Å²) in [5.74, 6) is 1.15. The third-order valence-corrected chi connectivity index (χ3v) is 2.14. The number of hydrogen-bond donors (Lipinski definition) is 0. The molecule has 3 heteroatoms. The number of para-hydroxylation sites is 1. The quantitative estimate of drug-likeness (QED) is 0.765. The monoisotopic (exact) mass is 210 g/mol. The van der Waals surface area contributed by atoms with Crippen LogP contribution >= 0.6 is 0 Å². The van der Waals surface area contributed by atoms with Crippen LogP contribution in [0, 0.1) is 18.3 Å². The molecule has 0 saturated heterocycles. The number of nitriles is 1. The van der Waals surface area contributed by atoms with E-state index in [1.165, 1.54) is 0 Å². The lowest BCUT2D eigenvalue weighted by Gasteiger charge is -2.05. The molecule has 0 saturated carbocycles. The van der Waals surface area contributed by atoms with Crippen LogP contribution in [0.4, 0.5) is 0 Å². The summed E-state index contributed by atoms with van der Waals surface area (Å²) >= 11 is 0. The number of rotatable bonds is 2. The molecule has 78 valence electrons. The fourth-order valence-electron chi connectivity index (χ4n) is 1.29. The first-order valence-electron chi connectivity index (χ1n) is 4.90. The van der Waals surface area contributed by atoms with Crippen molar-refractivity contribution < 1.29 is 4.74 Å². The average Bonchev–Trinajstić information content (AvgIpc) is 2.33. The molecule has 1 aromatic heterocycles. The van der Waals surface area contributed by atoms with E-state index in [0.29, 0.717) is 17.3 Å². The van der Waals surface area contributed by atoms with Crippen LogP contribution in [0.1, 0.15) is 11.3 Å². The highest BCUT2D eigenvalue weighted by atomic mass is 16.5. The van der Waals surface area contributed by atoms with Crippen LogP contribution < -0.4 is 4.74 Å². The zero-order chi connectivity index (χ0) is 11.4. The molecule has 3 nitrogen and oxygen atoms in total. The number of aromatic nitrogens is 1. The van der Waals surface area contributed by atoms with Crippen molar-refractivity contribution in [2.24, 2.45) is 0 Å². The molecule has 0 bridgehead atoms. The minimum absolute atomic E-state index is 0.397. The van der Waals surface area contributed by atoms with E-state index in [1.807, 2.05) is 49.4 Å². The molecule has 0 fully saturated rings. The van der Waals surface area contributed by atoms with Gasteiger partial charge in [-0.25, -0.2) is 4.98 Å². The molecule has 0 radical (unpaired) electrons. The van der Waals surface area contributed by atoms with Crippen molar-refractivity contribution in [2.45, 2.75) is 6.92 Å². The minimum Gasteiger partial charge on any atom is -0.439 e. The Morgan fingerprint density at radius 3 is 2.56 bits per heavy atom. The Morgan fingerprint density at radius 2 is 1.88 bits per heavy atom. The fraction of sp³-hybridized carbons (Fsp3) is 0.0769. The molecule has 16 heavy (non-hydrogen) atoms. The Bertz CT molecular complexity index is 529. The van der Waals surface area contributed by atoms with Crippen LogP contribution in [0.3, 0.4) is 0 Å². The Morgan fingerprint density at radius 1 is 1.12 bits per heavy atom. The van der Waals surface area contributed by atoms with Gasteiger partial charge in [-0.1, -0.05) is 24.3 Å². The zero-order valence-corrected chi connectivity index (χ0v) is 8.84. The predicted molar refractivity (Wildman–Crippen MR) is 60.2 cm³/mol. The van der Waals surface area contributed by atoms with E-state index in [9.17, 15) is 0 Å². The minimum atomic E-state index is 0.397. The Balaban J connectivity index is 2.27. The van der Waals surface area contributed by atoms with Crippen LogP contribution in [-0.4, -0.2) is 4.98 Å². The number of nitrogens with zero attached hydrogens (tertiary/aromatic N) is 2. The number of aryl methyl sites for hydroxylation is 1. The maximum absolute atomic E-state index is 8.84. The molecule has 1 aromatic carbocycles. The molecule has 0 aliphatic heterocycles. The van der Waals surface area contributed by atoms with E-state index in [-0.39, 0.29) is 0 Å². The van der Waals surface area contributed by atoms with Crippen molar-refractivity contribution >= 4 is 0 Å². The molecule has 0 unspecified atom stereocenters. The molecule has 0 amide bonds. The molecule has 0 aliphatic rings. The van der Waals surface area contributed by atoms with E-state index in [0.717, 1.165) is 5.56 Å². The van der Waals surface area contributed by atoms with Gasteiger partial charge in [-0.15, -0.1) is 0 Å². The molecule has 2 rings (SSSR count). The first-order chi connectivity index (χ1) is 7.79.